The lowest BCUT2D eigenvalue weighted by Gasteiger charge is -2.03. The number of esters is 1. The molecule has 0 fully saturated rings. The highest BCUT2D eigenvalue weighted by molar-refractivity contribution is 5.95. The second-order valence-corrected chi connectivity index (χ2v) is 4.51. The Bertz CT molecular complexity index is 625. The van der Waals surface area contributed by atoms with Gasteiger partial charge in [-0.3, -0.25) is 4.79 Å². The normalized spacial score (nSPS) is 10.3. The molecule has 4 heteroatoms. The number of hydrogen-bond acceptors (Lipinski definition) is 4. The third kappa shape index (κ3) is 3.15. The fourth-order valence-electron chi connectivity index (χ4n) is 1.96. The molecular formula is C16H16O4. The number of Topliss-reactive ketones (excluding diaryl/α,β-unsaturated/α-hetero) is 1. The minimum atomic E-state index is -0.581. The summed E-state index contributed by atoms with van der Waals surface area (Å²) in [5.41, 5.74) is 2.30. The molecule has 0 radical (unpaired) electrons. The third-order valence-corrected chi connectivity index (χ3v) is 3.15. The van der Waals surface area contributed by atoms with Crippen molar-refractivity contribution in [3.05, 3.63) is 59.0 Å². The molecule has 1 aromatic carbocycles. The highest BCUT2D eigenvalue weighted by atomic mass is 16.5. The fourth-order valence-corrected chi connectivity index (χ4v) is 1.96. The molecule has 0 aliphatic heterocycles. The van der Waals surface area contributed by atoms with Crippen molar-refractivity contribution in [1.29, 1.82) is 0 Å². The minimum Gasteiger partial charge on any atom is -0.463 e. The van der Waals surface area contributed by atoms with Crippen molar-refractivity contribution < 1.29 is 18.7 Å². The molecule has 0 spiro atoms. The van der Waals surface area contributed by atoms with Gasteiger partial charge in [0.25, 0.3) is 0 Å². The first-order chi connectivity index (χ1) is 9.61. The van der Waals surface area contributed by atoms with Gasteiger partial charge in [-0.05, 0) is 36.6 Å². The number of rotatable bonds is 5. The first-order valence-electron chi connectivity index (χ1n) is 6.37. The quantitative estimate of drug-likeness (QED) is 0.619. The molecule has 0 bridgehead atoms. The SMILES string of the molecule is COC(=O)c1ccc(C(=O)CCc2ccccc2C)o1. The summed E-state index contributed by atoms with van der Waals surface area (Å²) >= 11 is 0. The predicted octanol–water partition coefficient (Wildman–Crippen LogP) is 3.19. The maximum Gasteiger partial charge on any atom is 0.373 e. The van der Waals surface area contributed by atoms with Gasteiger partial charge >= 0.3 is 5.97 Å². The van der Waals surface area contributed by atoms with Crippen molar-refractivity contribution in [3.8, 4) is 0 Å². The van der Waals surface area contributed by atoms with Crippen LogP contribution < -0.4 is 0 Å². The lowest BCUT2D eigenvalue weighted by atomic mass is 10.0. The van der Waals surface area contributed by atoms with Crippen LogP contribution in [-0.4, -0.2) is 18.9 Å². The molecule has 0 unspecified atom stereocenters. The molecule has 104 valence electrons. The summed E-state index contributed by atoms with van der Waals surface area (Å²) in [4.78, 5) is 23.3. The van der Waals surface area contributed by atoms with Crippen LogP contribution in [0.2, 0.25) is 0 Å². The third-order valence-electron chi connectivity index (χ3n) is 3.15. The monoisotopic (exact) mass is 272 g/mol. The number of benzene rings is 1. The molecule has 1 aromatic heterocycles. The first kappa shape index (κ1) is 14.1. The molecule has 0 atom stereocenters. The van der Waals surface area contributed by atoms with Gasteiger partial charge in [0.15, 0.2) is 11.5 Å². The summed E-state index contributed by atoms with van der Waals surface area (Å²) in [6, 6.07) is 10.9. The van der Waals surface area contributed by atoms with E-state index in [1.807, 2.05) is 31.2 Å². The number of aryl methyl sites for hydroxylation is 2. The molecule has 1 heterocycles. The predicted molar refractivity (Wildman–Crippen MR) is 73.9 cm³/mol. The molecule has 4 nitrogen and oxygen atoms in total. The van der Waals surface area contributed by atoms with Crippen LogP contribution in [0.25, 0.3) is 0 Å². The van der Waals surface area contributed by atoms with Crippen LogP contribution in [0.15, 0.2) is 40.8 Å². The molecular weight excluding hydrogens is 256 g/mol. The summed E-state index contributed by atoms with van der Waals surface area (Å²) in [6.07, 6.45) is 0.999. The van der Waals surface area contributed by atoms with E-state index in [-0.39, 0.29) is 17.3 Å². The minimum absolute atomic E-state index is 0.0479. The Hall–Kier alpha value is -2.36. The Balaban J connectivity index is 2.00. The van der Waals surface area contributed by atoms with Crippen molar-refractivity contribution in [2.75, 3.05) is 7.11 Å². The van der Waals surface area contributed by atoms with E-state index in [0.29, 0.717) is 12.8 Å². The van der Waals surface area contributed by atoms with E-state index in [1.54, 1.807) is 0 Å². The summed E-state index contributed by atoms with van der Waals surface area (Å²) in [5.74, 6) is -0.461. The largest absolute Gasteiger partial charge is 0.463 e. The van der Waals surface area contributed by atoms with Crippen molar-refractivity contribution in [1.82, 2.24) is 0 Å². The summed E-state index contributed by atoms with van der Waals surface area (Å²) in [6.45, 7) is 2.02. The molecule has 0 aliphatic rings. The van der Waals surface area contributed by atoms with E-state index in [0.717, 1.165) is 11.1 Å². The smallest absolute Gasteiger partial charge is 0.373 e. The van der Waals surface area contributed by atoms with Gasteiger partial charge in [0.1, 0.15) is 0 Å². The number of furan rings is 1. The zero-order valence-electron chi connectivity index (χ0n) is 11.5. The number of ketones is 1. The van der Waals surface area contributed by atoms with E-state index < -0.39 is 5.97 Å². The Morgan fingerprint density at radius 2 is 1.80 bits per heavy atom. The summed E-state index contributed by atoms with van der Waals surface area (Å²) in [5, 5.41) is 0. The molecule has 0 saturated carbocycles. The lowest BCUT2D eigenvalue weighted by molar-refractivity contribution is 0.0563. The van der Waals surface area contributed by atoms with Gasteiger partial charge in [-0.15, -0.1) is 0 Å². The second-order valence-electron chi connectivity index (χ2n) is 4.51. The topological polar surface area (TPSA) is 56.5 Å². The molecule has 0 saturated heterocycles. The lowest BCUT2D eigenvalue weighted by Crippen LogP contribution is -2.02. The number of methoxy groups -OCH3 is 1. The van der Waals surface area contributed by atoms with Crippen molar-refractivity contribution in [3.63, 3.8) is 0 Å². The number of ether oxygens (including phenoxy) is 1. The van der Waals surface area contributed by atoms with Crippen molar-refractivity contribution in [2.24, 2.45) is 0 Å². The Labute approximate surface area is 117 Å². The first-order valence-corrected chi connectivity index (χ1v) is 6.37. The number of carbonyl (C=O) groups is 2. The van der Waals surface area contributed by atoms with E-state index in [1.165, 1.54) is 19.2 Å². The number of hydrogen-bond donors (Lipinski definition) is 0. The van der Waals surface area contributed by atoms with Crippen LogP contribution in [0.3, 0.4) is 0 Å². The highest BCUT2D eigenvalue weighted by Crippen LogP contribution is 2.15. The van der Waals surface area contributed by atoms with Gasteiger partial charge in [0, 0.05) is 6.42 Å². The van der Waals surface area contributed by atoms with Crippen LogP contribution in [0.4, 0.5) is 0 Å². The van der Waals surface area contributed by atoms with Crippen LogP contribution in [0, 0.1) is 6.92 Å². The summed E-state index contributed by atoms with van der Waals surface area (Å²) in [7, 11) is 1.27. The van der Waals surface area contributed by atoms with Crippen LogP contribution in [0.5, 0.6) is 0 Å². The van der Waals surface area contributed by atoms with Crippen LogP contribution in [-0.2, 0) is 11.2 Å². The zero-order valence-corrected chi connectivity index (χ0v) is 11.5. The maximum absolute atomic E-state index is 12.0. The average molecular weight is 272 g/mol. The standard InChI is InChI=1S/C16H16O4/c1-11-5-3-4-6-12(11)7-8-13(17)14-9-10-15(20-14)16(18)19-2/h3-6,9-10H,7-8H2,1-2H3. The molecule has 2 rings (SSSR count). The average Bonchev–Trinajstić information content (AvgIpc) is 2.95. The van der Waals surface area contributed by atoms with Gasteiger partial charge in [-0.1, -0.05) is 24.3 Å². The van der Waals surface area contributed by atoms with Gasteiger partial charge in [0.2, 0.25) is 5.76 Å². The Kier molecular flexibility index (Phi) is 4.35. The van der Waals surface area contributed by atoms with Gasteiger partial charge in [0.05, 0.1) is 7.11 Å². The van der Waals surface area contributed by atoms with E-state index in [4.69, 9.17) is 4.42 Å². The fraction of sp³-hybridized carbons (Fsp3) is 0.250. The van der Waals surface area contributed by atoms with E-state index in [2.05, 4.69) is 4.74 Å². The van der Waals surface area contributed by atoms with Gasteiger partial charge in [-0.25, -0.2) is 4.79 Å². The van der Waals surface area contributed by atoms with Crippen molar-refractivity contribution in [2.45, 2.75) is 19.8 Å². The maximum atomic E-state index is 12.0. The van der Waals surface area contributed by atoms with Gasteiger partial charge in [-0.2, -0.15) is 0 Å². The van der Waals surface area contributed by atoms with E-state index in [9.17, 15) is 9.59 Å². The zero-order chi connectivity index (χ0) is 14.5. The molecule has 20 heavy (non-hydrogen) atoms. The highest BCUT2D eigenvalue weighted by Gasteiger charge is 2.16. The van der Waals surface area contributed by atoms with Crippen molar-refractivity contribution >= 4 is 11.8 Å². The summed E-state index contributed by atoms with van der Waals surface area (Å²) < 4.78 is 9.72. The number of carbonyl (C=O) groups excluding carboxylic acids is 2. The molecule has 0 N–H and O–H groups in total. The molecule has 0 amide bonds. The van der Waals surface area contributed by atoms with Crippen LogP contribution in [0.1, 0.15) is 38.7 Å². The molecule has 0 aliphatic carbocycles. The van der Waals surface area contributed by atoms with Gasteiger partial charge < -0.3 is 9.15 Å². The van der Waals surface area contributed by atoms with Crippen LogP contribution >= 0.6 is 0 Å². The second kappa shape index (κ2) is 6.19. The Morgan fingerprint density at radius 1 is 1.10 bits per heavy atom. The van der Waals surface area contributed by atoms with E-state index >= 15 is 0 Å². The molecule has 2 aromatic rings. The Morgan fingerprint density at radius 3 is 2.50 bits per heavy atom.